The third-order valence-corrected chi connectivity index (χ3v) is 7.60. The van der Waals surface area contributed by atoms with Crippen molar-refractivity contribution in [3.05, 3.63) is 84.3 Å². The second-order valence-electron chi connectivity index (χ2n) is 6.66. The van der Waals surface area contributed by atoms with Crippen LogP contribution in [0.4, 0.5) is 5.69 Å². The molecule has 0 aliphatic rings. The molecule has 2 amide bonds. The predicted molar refractivity (Wildman–Crippen MR) is 135 cm³/mol. The summed E-state index contributed by atoms with van der Waals surface area (Å²) in [6.45, 7) is 1.77. The number of hydrogen-bond donors (Lipinski definition) is 2. The summed E-state index contributed by atoms with van der Waals surface area (Å²) in [5, 5.41) is 8.72. The van der Waals surface area contributed by atoms with E-state index in [2.05, 4.69) is 15.8 Å². The van der Waals surface area contributed by atoms with E-state index >= 15 is 0 Å². The van der Waals surface area contributed by atoms with Crippen LogP contribution in [0, 0.1) is 0 Å². The summed E-state index contributed by atoms with van der Waals surface area (Å²) in [7, 11) is 0. The summed E-state index contributed by atoms with van der Waals surface area (Å²) >= 11 is 20.7. The van der Waals surface area contributed by atoms with E-state index in [0.717, 1.165) is 15.6 Å². The number of thiophene rings is 2. The maximum Gasteiger partial charge on any atom is 0.283 e. The van der Waals surface area contributed by atoms with Gasteiger partial charge in [0.1, 0.15) is 4.88 Å². The van der Waals surface area contributed by atoms with Gasteiger partial charge in [0.15, 0.2) is 0 Å². The number of rotatable bonds is 5. The lowest BCUT2D eigenvalue weighted by Crippen LogP contribution is -2.18. The van der Waals surface area contributed by atoms with Crippen molar-refractivity contribution < 1.29 is 9.59 Å². The molecule has 0 radical (unpaired) electrons. The van der Waals surface area contributed by atoms with Crippen LogP contribution in [0.5, 0.6) is 0 Å². The van der Waals surface area contributed by atoms with Crippen LogP contribution >= 0.6 is 57.5 Å². The second kappa shape index (κ2) is 9.60. The average Bonchev–Trinajstić information content (AvgIpc) is 3.35. The molecule has 2 aromatic carbocycles. The van der Waals surface area contributed by atoms with Gasteiger partial charge in [-0.2, -0.15) is 5.10 Å². The standard InChI is InChI=1S/C22H14Cl3N3O2S2/c1-11(12-2-5-14(6-3-12)26-21(29)16-8-9-18(24)31-16)27-28-22(30)20-19(25)15-7-4-13(23)10-17(15)32-20/h2-10H,1H3,(H,26,29)(H,28,30)/b27-11+. The third kappa shape index (κ3) is 4.98. The van der Waals surface area contributed by atoms with E-state index in [-0.39, 0.29) is 5.91 Å². The molecule has 2 N–H and O–H groups in total. The molecular weight excluding hydrogens is 509 g/mol. The maximum absolute atomic E-state index is 12.6. The highest BCUT2D eigenvalue weighted by Crippen LogP contribution is 2.36. The second-order valence-corrected chi connectivity index (χ2v) is 10.2. The number of hydrogen-bond acceptors (Lipinski definition) is 5. The van der Waals surface area contributed by atoms with Crippen LogP contribution < -0.4 is 10.7 Å². The van der Waals surface area contributed by atoms with Crippen LogP contribution in [-0.4, -0.2) is 17.5 Å². The van der Waals surface area contributed by atoms with E-state index in [1.165, 1.54) is 22.7 Å². The Hall–Kier alpha value is -2.42. The normalized spacial score (nSPS) is 11.6. The molecule has 4 aromatic rings. The quantitative estimate of drug-likeness (QED) is 0.213. The minimum Gasteiger partial charge on any atom is -0.321 e. The van der Waals surface area contributed by atoms with Crippen molar-refractivity contribution in [3.63, 3.8) is 0 Å². The number of amides is 2. The summed E-state index contributed by atoms with van der Waals surface area (Å²) in [4.78, 5) is 25.7. The molecule has 0 saturated heterocycles. The highest BCUT2D eigenvalue weighted by atomic mass is 35.5. The molecule has 10 heteroatoms. The van der Waals surface area contributed by atoms with Crippen molar-refractivity contribution >= 4 is 90.8 Å². The highest BCUT2D eigenvalue weighted by molar-refractivity contribution is 7.21. The van der Waals surface area contributed by atoms with E-state index in [9.17, 15) is 9.59 Å². The number of nitrogens with zero attached hydrogens (tertiary/aromatic N) is 1. The van der Waals surface area contributed by atoms with Crippen molar-refractivity contribution in [3.8, 4) is 0 Å². The number of fused-ring (bicyclic) bond motifs is 1. The average molecular weight is 523 g/mol. The minimum absolute atomic E-state index is 0.228. The lowest BCUT2D eigenvalue weighted by molar-refractivity contribution is 0.0958. The van der Waals surface area contributed by atoms with Gasteiger partial charge in [0.25, 0.3) is 11.8 Å². The molecule has 0 aliphatic heterocycles. The van der Waals surface area contributed by atoms with Gasteiger partial charge in [-0.15, -0.1) is 22.7 Å². The Bertz CT molecular complexity index is 1360. The van der Waals surface area contributed by atoms with E-state index in [0.29, 0.717) is 35.5 Å². The minimum atomic E-state index is -0.398. The predicted octanol–water partition coefficient (Wildman–Crippen LogP) is 7.33. The first-order valence-corrected chi connectivity index (χ1v) is 12.0. The Labute approximate surface area is 206 Å². The molecule has 0 spiro atoms. The molecule has 0 fully saturated rings. The summed E-state index contributed by atoms with van der Waals surface area (Å²) in [5.41, 5.74) is 4.57. The zero-order valence-electron chi connectivity index (χ0n) is 16.4. The lowest BCUT2D eigenvalue weighted by Gasteiger charge is -2.06. The third-order valence-electron chi connectivity index (χ3n) is 4.48. The van der Waals surface area contributed by atoms with Gasteiger partial charge >= 0.3 is 0 Å². The number of carbonyl (C=O) groups is 2. The Morgan fingerprint density at radius 3 is 2.34 bits per heavy atom. The number of halogens is 3. The van der Waals surface area contributed by atoms with E-state index in [1.54, 1.807) is 61.5 Å². The van der Waals surface area contributed by atoms with Crippen LogP contribution in [0.2, 0.25) is 14.4 Å². The largest absolute Gasteiger partial charge is 0.321 e. The number of carbonyl (C=O) groups excluding carboxylic acids is 2. The molecule has 162 valence electrons. The first kappa shape index (κ1) is 22.8. The fourth-order valence-corrected chi connectivity index (χ4v) is 5.48. The molecule has 2 aromatic heterocycles. The molecule has 0 unspecified atom stereocenters. The summed E-state index contributed by atoms with van der Waals surface area (Å²) in [6.07, 6.45) is 0. The molecular formula is C22H14Cl3N3O2S2. The Morgan fingerprint density at radius 1 is 0.906 bits per heavy atom. The molecule has 5 nitrogen and oxygen atoms in total. The maximum atomic E-state index is 12.6. The fraction of sp³-hybridized carbons (Fsp3) is 0.0455. The van der Waals surface area contributed by atoms with Gasteiger partial charge in [-0.1, -0.05) is 53.0 Å². The highest BCUT2D eigenvalue weighted by Gasteiger charge is 2.17. The van der Waals surface area contributed by atoms with Gasteiger partial charge in [-0.05, 0) is 48.9 Å². The van der Waals surface area contributed by atoms with Gasteiger partial charge in [0, 0.05) is 20.8 Å². The molecule has 0 aliphatic carbocycles. The van der Waals surface area contributed by atoms with Crippen LogP contribution in [0.3, 0.4) is 0 Å². The van der Waals surface area contributed by atoms with Crippen LogP contribution in [-0.2, 0) is 0 Å². The van der Waals surface area contributed by atoms with Gasteiger partial charge in [0.2, 0.25) is 0 Å². The van der Waals surface area contributed by atoms with Crippen molar-refractivity contribution in [1.29, 1.82) is 0 Å². The Balaban J connectivity index is 1.43. The zero-order chi connectivity index (χ0) is 22.8. The van der Waals surface area contributed by atoms with E-state index in [4.69, 9.17) is 34.8 Å². The van der Waals surface area contributed by atoms with Crippen molar-refractivity contribution in [2.24, 2.45) is 5.10 Å². The zero-order valence-corrected chi connectivity index (χ0v) is 20.3. The number of anilines is 1. The molecule has 2 heterocycles. The summed E-state index contributed by atoms with van der Waals surface area (Å²) in [6, 6.07) is 15.8. The van der Waals surface area contributed by atoms with Crippen molar-refractivity contribution in [1.82, 2.24) is 5.43 Å². The van der Waals surface area contributed by atoms with Gasteiger partial charge in [0.05, 0.1) is 19.9 Å². The Kier molecular flexibility index (Phi) is 6.83. The number of nitrogens with one attached hydrogen (secondary N) is 2. The van der Waals surface area contributed by atoms with Crippen molar-refractivity contribution in [2.45, 2.75) is 6.92 Å². The van der Waals surface area contributed by atoms with Crippen LogP contribution in [0.15, 0.2) is 59.7 Å². The summed E-state index contributed by atoms with van der Waals surface area (Å²) in [5.74, 6) is -0.626. The SMILES string of the molecule is C/C(=N\NC(=O)c1sc2cc(Cl)ccc2c1Cl)c1ccc(NC(=O)c2ccc(Cl)s2)cc1. The fourth-order valence-electron chi connectivity index (χ4n) is 2.86. The first-order valence-electron chi connectivity index (χ1n) is 9.21. The number of hydrazone groups is 1. The lowest BCUT2D eigenvalue weighted by atomic mass is 10.1. The van der Waals surface area contributed by atoms with Gasteiger partial charge < -0.3 is 5.32 Å². The topological polar surface area (TPSA) is 70.6 Å². The monoisotopic (exact) mass is 521 g/mol. The van der Waals surface area contributed by atoms with Crippen molar-refractivity contribution in [2.75, 3.05) is 5.32 Å². The Morgan fingerprint density at radius 2 is 1.66 bits per heavy atom. The van der Waals surface area contributed by atoms with E-state index in [1.807, 2.05) is 0 Å². The van der Waals surface area contributed by atoms with E-state index < -0.39 is 5.91 Å². The number of benzene rings is 2. The molecule has 4 rings (SSSR count). The molecule has 0 saturated carbocycles. The van der Waals surface area contributed by atoms with Crippen LogP contribution in [0.25, 0.3) is 10.1 Å². The molecule has 0 bridgehead atoms. The molecule has 32 heavy (non-hydrogen) atoms. The molecule has 0 atom stereocenters. The van der Waals surface area contributed by atoms with Gasteiger partial charge in [-0.25, -0.2) is 5.43 Å². The van der Waals surface area contributed by atoms with Gasteiger partial charge in [-0.3, -0.25) is 9.59 Å². The first-order chi connectivity index (χ1) is 15.3. The van der Waals surface area contributed by atoms with Crippen LogP contribution in [0.1, 0.15) is 31.8 Å². The smallest absolute Gasteiger partial charge is 0.283 e. The summed E-state index contributed by atoms with van der Waals surface area (Å²) < 4.78 is 1.39.